The molecule has 1 aliphatic heterocycles. The van der Waals surface area contributed by atoms with Crippen molar-refractivity contribution in [3.8, 4) is 0 Å². The van der Waals surface area contributed by atoms with Crippen LogP contribution >= 0.6 is 0 Å². The Kier molecular flexibility index (Phi) is 10.0. The van der Waals surface area contributed by atoms with Gasteiger partial charge in [-0.05, 0) is 61.2 Å². The number of amides is 2. The molecule has 0 unspecified atom stereocenters. The van der Waals surface area contributed by atoms with Crippen molar-refractivity contribution in [1.29, 1.82) is 0 Å². The highest BCUT2D eigenvalue weighted by molar-refractivity contribution is 7.89. The minimum Gasteiger partial charge on any atom is -0.480 e. The summed E-state index contributed by atoms with van der Waals surface area (Å²) in [5.41, 5.74) is 1.20. The van der Waals surface area contributed by atoms with Gasteiger partial charge in [-0.3, -0.25) is 9.59 Å². The van der Waals surface area contributed by atoms with Gasteiger partial charge in [0.1, 0.15) is 17.9 Å². The summed E-state index contributed by atoms with van der Waals surface area (Å²) < 4.78 is 27.3. The van der Waals surface area contributed by atoms with Crippen LogP contribution in [-0.4, -0.2) is 65.8 Å². The number of anilines is 2. The average Bonchev–Trinajstić information content (AvgIpc) is 3.48. The third-order valence-electron chi connectivity index (χ3n) is 6.70. The van der Waals surface area contributed by atoms with Crippen LogP contribution in [0.5, 0.6) is 0 Å². The molecular formula is C29H33N5O6S. The normalized spacial score (nSPS) is 16.0. The van der Waals surface area contributed by atoms with E-state index >= 15 is 0 Å². The molecule has 41 heavy (non-hydrogen) atoms. The van der Waals surface area contributed by atoms with E-state index in [0.29, 0.717) is 43.5 Å². The number of aliphatic carboxylic acids is 1. The van der Waals surface area contributed by atoms with Crippen molar-refractivity contribution in [3.05, 3.63) is 84.6 Å². The van der Waals surface area contributed by atoms with Crippen LogP contribution in [0.15, 0.2) is 83.9 Å². The fourth-order valence-corrected chi connectivity index (χ4v) is 6.28. The zero-order valence-electron chi connectivity index (χ0n) is 22.4. The SMILES string of the molecule is O=C(CCCNc1ccccn1)Nc1ccc(C[C@H](NC(=O)[C@@H]2CCCN2S(=O)(=O)c2ccccc2)C(=O)O)cc1. The molecule has 11 nitrogen and oxygen atoms in total. The molecule has 0 radical (unpaired) electrons. The standard InChI is InChI=1S/C29H33N5O6S/c35-27(12-6-18-31-26-11-4-5-17-30-26)32-22-15-13-21(14-16-22)20-24(29(37)38)33-28(36)25-10-7-19-34(25)41(39,40)23-8-2-1-3-9-23/h1-5,8-9,11,13-17,24-25H,6-7,10,12,18-20H2,(H,30,31)(H,32,35)(H,33,36)(H,37,38)/t24-,25-/m0/s1. The van der Waals surface area contributed by atoms with Crippen LogP contribution in [0.1, 0.15) is 31.2 Å². The fourth-order valence-electron chi connectivity index (χ4n) is 4.60. The van der Waals surface area contributed by atoms with Crippen molar-refractivity contribution < 1.29 is 27.9 Å². The minimum absolute atomic E-state index is 0.00730. The molecule has 1 saturated heterocycles. The van der Waals surface area contributed by atoms with Crippen molar-refractivity contribution in [2.24, 2.45) is 0 Å². The molecule has 0 bridgehead atoms. The van der Waals surface area contributed by atoms with Crippen LogP contribution in [0.4, 0.5) is 11.5 Å². The van der Waals surface area contributed by atoms with E-state index in [-0.39, 0.29) is 23.8 Å². The molecule has 1 aromatic heterocycles. The third-order valence-corrected chi connectivity index (χ3v) is 8.62. The molecule has 2 atom stereocenters. The van der Waals surface area contributed by atoms with Crippen LogP contribution in [0.3, 0.4) is 0 Å². The van der Waals surface area contributed by atoms with Crippen LogP contribution in [-0.2, 0) is 30.8 Å². The average molecular weight is 580 g/mol. The van der Waals surface area contributed by atoms with Crippen LogP contribution in [0.2, 0.25) is 0 Å². The van der Waals surface area contributed by atoms with Gasteiger partial charge >= 0.3 is 5.97 Å². The molecule has 4 N–H and O–H groups in total. The molecule has 2 amide bonds. The summed E-state index contributed by atoms with van der Waals surface area (Å²) in [6.45, 7) is 0.781. The highest BCUT2D eigenvalue weighted by atomic mass is 32.2. The number of rotatable bonds is 13. The van der Waals surface area contributed by atoms with Gasteiger partial charge in [0.05, 0.1) is 4.90 Å². The van der Waals surface area contributed by atoms with Crippen molar-refractivity contribution in [1.82, 2.24) is 14.6 Å². The number of carboxylic acids is 1. The van der Waals surface area contributed by atoms with Gasteiger partial charge in [0.15, 0.2) is 0 Å². The van der Waals surface area contributed by atoms with E-state index in [4.69, 9.17) is 0 Å². The first-order valence-electron chi connectivity index (χ1n) is 13.4. The number of carbonyl (C=O) groups excluding carboxylic acids is 2. The lowest BCUT2D eigenvalue weighted by Crippen LogP contribution is -2.51. The molecule has 0 aliphatic carbocycles. The summed E-state index contributed by atoms with van der Waals surface area (Å²) in [5.74, 6) is -1.28. The molecule has 1 aliphatic rings. The van der Waals surface area contributed by atoms with Gasteiger partial charge < -0.3 is 21.1 Å². The van der Waals surface area contributed by atoms with E-state index in [1.807, 2.05) is 18.2 Å². The van der Waals surface area contributed by atoms with E-state index in [0.717, 1.165) is 10.1 Å². The first kappa shape index (κ1) is 29.7. The number of carbonyl (C=O) groups is 3. The number of nitrogens with one attached hydrogen (secondary N) is 3. The summed E-state index contributed by atoms with van der Waals surface area (Å²) >= 11 is 0. The van der Waals surface area contributed by atoms with E-state index in [9.17, 15) is 27.9 Å². The number of sulfonamides is 1. The molecule has 2 heterocycles. The molecule has 216 valence electrons. The van der Waals surface area contributed by atoms with Crippen LogP contribution in [0.25, 0.3) is 0 Å². The summed E-state index contributed by atoms with van der Waals surface area (Å²) in [7, 11) is -3.90. The monoisotopic (exact) mass is 579 g/mol. The van der Waals surface area contributed by atoms with Crippen LogP contribution in [0, 0.1) is 0 Å². The van der Waals surface area contributed by atoms with E-state index in [1.54, 1.807) is 48.7 Å². The van der Waals surface area contributed by atoms with Crippen molar-refractivity contribution in [3.63, 3.8) is 0 Å². The molecule has 2 aromatic carbocycles. The number of carboxylic acid groups (broad SMARTS) is 1. The Morgan fingerprint density at radius 1 is 1.00 bits per heavy atom. The molecule has 3 aromatic rings. The second-order valence-electron chi connectivity index (χ2n) is 9.68. The van der Waals surface area contributed by atoms with Gasteiger partial charge in [-0.15, -0.1) is 0 Å². The lowest BCUT2D eigenvalue weighted by molar-refractivity contribution is -0.142. The topological polar surface area (TPSA) is 158 Å². The van der Waals surface area contributed by atoms with E-state index < -0.39 is 34.0 Å². The number of hydrogen-bond acceptors (Lipinski definition) is 7. The van der Waals surface area contributed by atoms with Gasteiger partial charge in [0, 0.05) is 37.8 Å². The Labute approximate surface area is 239 Å². The molecule has 12 heteroatoms. The third kappa shape index (κ3) is 8.12. The zero-order valence-corrected chi connectivity index (χ0v) is 23.2. The molecule has 0 spiro atoms. The highest BCUT2D eigenvalue weighted by Gasteiger charge is 2.40. The highest BCUT2D eigenvalue weighted by Crippen LogP contribution is 2.26. The quantitative estimate of drug-likeness (QED) is 0.225. The van der Waals surface area contributed by atoms with Crippen LogP contribution < -0.4 is 16.0 Å². The number of pyridine rings is 1. The van der Waals surface area contributed by atoms with E-state index in [2.05, 4.69) is 20.9 Å². The van der Waals surface area contributed by atoms with E-state index in [1.165, 1.54) is 12.1 Å². The summed E-state index contributed by atoms with van der Waals surface area (Å²) in [4.78, 5) is 41.6. The fraction of sp³-hybridized carbons (Fsp3) is 0.310. The maximum Gasteiger partial charge on any atom is 0.326 e. The largest absolute Gasteiger partial charge is 0.480 e. The van der Waals surface area contributed by atoms with Crippen molar-refractivity contribution >= 4 is 39.3 Å². The Morgan fingerprint density at radius 2 is 1.73 bits per heavy atom. The Hall–Kier alpha value is -4.29. The molecule has 0 saturated carbocycles. The van der Waals surface area contributed by atoms with Gasteiger partial charge in [0.25, 0.3) is 0 Å². The van der Waals surface area contributed by atoms with Gasteiger partial charge in [-0.2, -0.15) is 4.31 Å². The zero-order chi connectivity index (χ0) is 29.2. The Bertz CT molecular complexity index is 1440. The lowest BCUT2D eigenvalue weighted by atomic mass is 10.0. The molecular weight excluding hydrogens is 546 g/mol. The predicted molar refractivity (Wildman–Crippen MR) is 154 cm³/mol. The number of hydrogen-bond donors (Lipinski definition) is 4. The summed E-state index contributed by atoms with van der Waals surface area (Å²) in [5, 5.41) is 18.2. The van der Waals surface area contributed by atoms with Crippen molar-refractivity contribution in [2.75, 3.05) is 23.7 Å². The second-order valence-corrected chi connectivity index (χ2v) is 11.6. The minimum atomic E-state index is -3.90. The number of aromatic nitrogens is 1. The predicted octanol–water partition coefficient (Wildman–Crippen LogP) is 2.88. The second kappa shape index (κ2) is 13.9. The first-order valence-corrected chi connectivity index (χ1v) is 14.8. The maximum atomic E-state index is 13.1. The first-order chi connectivity index (χ1) is 19.7. The van der Waals surface area contributed by atoms with Crippen molar-refractivity contribution in [2.45, 2.75) is 49.1 Å². The Balaban J connectivity index is 1.29. The number of nitrogens with zero attached hydrogens (tertiary/aromatic N) is 2. The summed E-state index contributed by atoms with van der Waals surface area (Å²) in [6.07, 6.45) is 3.41. The summed E-state index contributed by atoms with van der Waals surface area (Å²) in [6, 6.07) is 17.9. The van der Waals surface area contributed by atoms with Gasteiger partial charge in [0.2, 0.25) is 21.8 Å². The Morgan fingerprint density at radius 3 is 2.41 bits per heavy atom. The van der Waals surface area contributed by atoms with Gasteiger partial charge in [-0.1, -0.05) is 36.4 Å². The number of benzene rings is 2. The molecule has 4 rings (SSSR count). The smallest absolute Gasteiger partial charge is 0.326 e. The molecule has 1 fully saturated rings. The van der Waals surface area contributed by atoms with Gasteiger partial charge in [-0.25, -0.2) is 18.2 Å². The maximum absolute atomic E-state index is 13.1. The lowest BCUT2D eigenvalue weighted by Gasteiger charge is -2.25.